The Labute approximate surface area is 231 Å². The lowest BCUT2D eigenvalue weighted by Crippen LogP contribution is -2.35. The van der Waals surface area contributed by atoms with Crippen molar-refractivity contribution >= 4 is 44.8 Å². The fourth-order valence-corrected chi connectivity index (χ4v) is 5.57. The standard InChI is InChI=1S/C24H27ClN6O4S.C2H6/c1-33-18-8-14(9-19(34-2)21(18)35-3)31-12-20(26-13-31)27-22-17-10-16(36-23(17)29-24(25)28-22)11-30-6-4-15(32)5-7-30;1-2/h8-10,12-13,15,32H,4-7,11H2,1-3H3,(H,27,28,29);1-2H3. The van der Waals surface area contributed by atoms with Gasteiger partial charge in [-0.3, -0.25) is 4.90 Å². The van der Waals surface area contributed by atoms with Crippen LogP contribution in [0.4, 0.5) is 11.6 Å². The average molecular weight is 561 g/mol. The molecule has 0 spiro atoms. The summed E-state index contributed by atoms with van der Waals surface area (Å²) in [7, 11) is 4.73. The van der Waals surface area contributed by atoms with Crippen molar-refractivity contribution in [2.24, 2.45) is 0 Å². The van der Waals surface area contributed by atoms with Crippen molar-refractivity contribution in [1.82, 2.24) is 24.4 Å². The molecule has 4 aromatic rings. The number of hydrogen-bond acceptors (Lipinski definition) is 10. The molecule has 0 radical (unpaired) electrons. The van der Waals surface area contributed by atoms with Gasteiger partial charge in [-0.15, -0.1) is 11.3 Å². The van der Waals surface area contributed by atoms with Crippen molar-refractivity contribution in [1.29, 1.82) is 0 Å². The zero-order chi connectivity index (χ0) is 27.2. The van der Waals surface area contributed by atoms with E-state index in [0.717, 1.165) is 48.4 Å². The molecule has 3 aromatic heterocycles. The number of nitrogens with one attached hydrogen (secondary N) is 1. The second kappa shape index (κ2) is 12.6. The van der Waals surface area contributed by atoms with Crippen LogP contribution in [0.5, 0.6) is 17.2 Å². The number of anilines is 2. The van der Waals surface area contributed by atoms with Gasteiger partial charge in [-0.25, -0.2) is 9.97 Å². The smallest absolute Gasteiger partial charge is 0.225 e. The number of halogens is 1. The number of piperidine rings is 1. The van der Waals surface area contributed by atoms with E-state index in [-0.39, 0.29) is 11.4 Å². The van der Waals surface area contributed by atoms with E-state index in [1.165, 1.54) is 4.88 Å². The summed E-state index contributed by atoms with van der Waals surface area (Å²) in [5, 5.41) is 14.1. The van der Waals surface area contributed by atoms with Crippen molar-refractivity contribution in [3.8, 4) is 22.9 Å². The molecule has 1 aliphatic heterocycles. The quantitative estimate of drug-likeness (QED) is 0.278. The molecule has 1 saturated heterocycles. The molecule has 2 N–H and O–H groups in total. The highest BCUT2D eigenvalue weighted by Crippen LogP contribution is 2.39. The number of benzene rings is 1. The lowest BCUT2D eigenvalue weighted by molar-refractivity contribution is 0.0797. The second-order valence-corrected chi connectivity index (χ2v) is 9.91. The molecule has 0 unspecified atom stereocenters. The molecule has 0 bridgehead atoms. The predicted molar refractivity (Wildman–Crippen MR) is 151 cm³/mol. The first-order valence-corrected chi connectivity index (χ1v) is 13.6. The molecule has 38 heavy (non-hydrogen) atoms. The van der Waals surface area contributed by atoms with Gasteiger partial charge in [0.25, 0.3) is 0 Å². The van der Waals surface area contributed by atoms with E-state index in [0.29, 0.717) is 28.9 Å². The Morgan fingerprint density at radius 2 is 1.74 bits per heavy atom. The van der Waals surface area contributed by atoms with Crippen LogP contribution in [0.2, 0.25) is 5.28 Å². The number of fused-ring (bicyclic) bond motifs is 1. The third-order valence-electron chi connectivity index (χ3n) is 6.13. The zero-order valence-corrected chi connectivity index (χ0v) is 23.8. The van der Waals surface area contributed by atoms with E-state index in [1.54, 1.807) is 39.0 Å². The topological polar surface area (TPSA) is 107 Å². The number of nitrogens with zero attached hydrogens (tertiary/aromatic N) is 5. The fraction of sp³-hybridized carbons (Fsp3) is 0.423. The summed E-state index contributed by atoms with van der Waals surface area (Å²) in [6, 6.07) is 5.79. The average Bonchev–Trinajstić information content (AvgIpc) is 3.57. The number of imidazole rings is 1. The minimum Gasteiger partial charge on any atom is -0.493 e. The maximum absolute atomic E-state index is 9.77. The van der Waals surface area contributed by atoms with Crippen LogP contribution in [0.25, 0.3) is 15.9 Å². The third-order valence-corrected chi connectivity index (χ3v) is 7.31. The minimum absolute atomic E-state index is 0.170. The van der Waals surface area contributed by atoms with Crippen LogP contribution in [0.15, 0.2) is 30.7 Å². The van der Waals surface area contributed by atoms with Crippen molar-refractivity contribution in [3.63, 3.8) is 0 Å². The van der Waals surface area contributed by atoms with E-state index in [2.05, 4.69) is 31.2 Å². The summed E-state index contributed by atoms with van der Waals surface area (Å²) in [5.74, 6) is 2.81. The molecule has 0 amide bonds. The first kappa shape index (κ1) is 27.9. The Morgan fingerprint density at radius 3 is 2.37 bits per heavy atom. The van der Waals surface area contributed by atoms with Gasteiger partial charge in [-0.2, -0.15) is 4.98 Å². The Morgan fingerprint density at radius 1 is 1.05 bits per heavy atom. The van der Waals surface area contributed by atoms with Crippen LogP contribution in [-0.4, -0.2) is 70.0 Å². The summed E-state index contributed by atoms with van der Waals surface area (Å²) in [5.41, 5.74) is 0.792. The molecule has 12 heteroatoms. The summed E-state index contributed by atoms with van der Waals surface area (Å²) in [6.45, 7) is 6.57. The molecular weight excluding hydrogens is 528 g/mol. The van der Waals surface area contributed by atoms with Crippen molar-refractivity contribution < 1.29 is 19.3 Å². The van der Waals surface area contributed by atoms with Crippen LogP contribution in [0.1, 0.15) is 31.6 Å². The minimum atomic E-state index is -0.191. The molecule has 0 aliphatic carbocycles. The van der Waals surface area contributed by atoms with E-state index in [1.807, 2.05) is 36.7 Å². The second-order valence-electron chi connectivity index (χ2n) is 8.45. The maximum atomic E-state index is 9.77. The highest BCUT2D eigenvalue weighted by molar-refractivity contribution is 7.18. The van der Waals surface area contributed by atoms with Gasteiger partial charge in [0.05, 0.1) is 44.7 Å². The molecule has 5 rings (SSSR count). The maximum Gasteiger partial charge on any atom is 0.225 e. The van der Waals surface area contributed by atoms with Gasteiger partial charge in [0, 0.05) is 36.6 Å². The van der Waals surface area contributed by atoms with Gasteiger partial charge < -0.3 is 29.2 Å². The van der Waals surface area contributed by atoms with Gasteiger partial charge in [0.2, 0.25) is 11.0 Å². The monoisotopic (exact) mass is 560 g/mol. The number of thiophene rings is 1. The van der Waals surface area contributed by atoms with E-state index in [4.69, 9.17) is 25.8 Å². The van der Waals surface area contributed by atoms with Gasteiger partial charge in [0.1, 0.15) is 22.8 Å². The lowest BCUT2D eigenvalue weighted by atomic mass is 10.1. The normalized spacial score (nSPS) is 14.2. The number of methoxy groups -OCH3 is 3. The van der Waals surface area contributed by atoms with Crippen molar-refractivity contribution in [2.45, 2.75) is 39.3 Å². The van der Waals surface area contributed by atoms with Crippen molar-refractivity contribution in [3.05, 3.63) is 40.9 Å². The summed E-state index contributed by atoms with van der Waals surface area (Å²) in [6.07, 6.45) is 4.95. The summed E-state index contributed by atoms with van der Waals surface area (Å²) < 4.78 is 18.2. The summed E-state index contributed by atoms with van der Waals surface area (Å²) in [4.78, 5) is 17.7. The molecule has 4 heterocycles. The van der Waals surface area contributed by atoms with Crippen LogP contribution < -0.4 is 19.5 Å². The first-order chi connectivity index (χ1) is 18.5. The van der Waals surface area contributed by atoms with E-state index >= 15 is 0 Å². The van der Waals surface area contributed by atoms with E-state index < -0.39 is 0 Å². The Balaban J connectivity index is 0.00000164. The van der Waals surface area contributed by atoms with Crippen LogP contribution in [0, 0.1) is 0 Å². The number of hydrogen-bond donors (Lipinski definition) is 2. The first-order valence-electron chi connectivity index (χ1n) is 12.4. The lowest BCUT2D eigenvalue weighted by Gasteiger charge is -2.28. The summed E-state index contributed by atoms with van der Waals surface area (Å²) >= 11 is 7.84. The van der Waals surface area contributed by atoms with Crippen LogP contribution >= 0.6 is 22.9 Å². The zero-order valence-electron chi connectivity index (χ0n) is 22.2. The number of aliphatic hydroxyl groups excluding tert-OH is 1. The van der Waals surface area contributed by atoms with Gasteiger partial charge in [-0.05, 0) is 30.5 Å². The Bertz CT molecular complexity index is 1340. The fourth-order valence-electron chi connectivity index (χ4n) is 4.28. The molecule has 1 fully saturated rings. The molecule has 0 atom stereocenters. The largest absolute Gasteiger partial charge is 0.493 e. The van der Waals surface area contributed by atoms with Crippen LogP contribution in [0.3, 0.4) is 0 Å². The Kier molecular flexibility index (Phi) is 9.26. The molecule has 10 nitrogen and oxygen atoms in total. The molecule has 1 aliphatic rings. The van der Waals surface area contributed by atoms with Crippen LogP contribution in [-0.2, 0) is 6.54 Å². The highest BCUT2D eigenvalue weighted by Gasteiger charge is 2.20. The SMILES string of the molecule is CC.COc1cc(-n2cnc(Nc3nc(Cl)nc4sc(CN5CCC(O)CC5)cc34)c2)cc(OC)c1OC. The predicted octanol–water partition coefficient (Wildman–Crippen LogP) is 5.28. The Hall–Kier alpha value is -3.12. The van der Waals surface area contributed by atoms with Crippen molar-refractivity contribution in [2.75, 3.05) is 39.7 Å². The number of ether oxygens (including phenoxy) is 3. The van der Waals surface area contributed by atoms with Gasteiger partial charge >= 0.3 is 0 Å². The molecular formula is C26H33ClN6O4S. The van der Waals surface area contributed by atoms with Gasteiger partial charge in [0.15, 0.2) is 11.5 Å². The number of aromatic nitrogens is 4. The molecule has 0 saturated carbocycles. The number of aliphatic hydroxyl groups is 1. The number of likely N-dealkylation sites (tertiary alicyclic amines) is 1. The third kappa shape index (κ3) is 6.12. The number of rotatable bonds is 8. The molecule has 1 aromatic carbocycles. The van der Waals surface area contributed by atoms with E-state index in [9.17, 15) is 5.11 Å². The highest BCUT2D eigenvalue weighted by atomic mass is 35.5. The van der Waals surface area contributed by atoms with Gasteiger partial charge in [-0.1, -0.05) is 13.8 Å². The molecule has 204 valence electrons.